The highest BCUT2D eigenvalue weighted by molar-refractivity contribution is 5.93. The Morgan fingerprint density at radius 2 is 1.64 bits per heavy atom. The zero-order valence-electron chi connectivity index (χ0n) is 15.9. The Balaban J connectivity index is 1.93. The van der Waals surface area contributed by atoms with Crippen LogP contribution in [-0.2, 0) is 16.1 Å². The van der Waals surface area contributed by atoms with Gasteiger partial charge in [0.05, 0.1) is 18.3 Å². The molecule has 0 unspecified atom stereocenters. The summed E-state index contributed by atoms with van der Waals surface area (Å²) in [5.41, 5.74) is 0.511. The Labute approximate surface area is 161 Å². The highest BCUT2D eigenvalue weighted by Crippen LogP contribution is 2.19. The minimum atomic E-state index is -1.66. The molecular weight excluding hydrogens is 371 g/mol. The number of likely N-dealkylation sites (N-methyl/N-ethyl adjacent to an activating group) is 2. The second kappa shape index (κ2) is 9.36. The van der Waals surface area contributed by atoms with E-state index in [9.17, 15) is 22.8 Å². The van der Waals surface area contributed by atoms with Crippen molar-refractivity contribution in [2.45, 2.75) is 19.5 Å². The maximum atomic E-state index is 13.7. The maximum Gasteiger partial charge on any atom is 0.239 e. The Hall–Kier alpha value is -2.87. The summed E-state index contributed by atoms with van der Waals surface area (Å²) in [6.45, 7) is 1.84. The lowest BCUT2D eigenvalue weighted by molar-refractivity contribution is -0.135. The molecule has 0 aliphatic rings. The van der Waals surface area contributed by atoms with Gasteiger partial charge in [0, 0.05) is 13.6 Å². The summed E-state index contributed by atoms with van der Waals surface area (Å²) in [4.78, 5) is 27.7. The summed E-state index contributed by atoms with van der Waals surface area (Å²) < 4.78 is 39.9. The molecule has 2 aromatic rings. The van der Waals surface area contributed by atoms with Crippen molar-refractivity contribution < 1.29 is 22.8 Å². The molecule has 150 valence electrons. The van der Waals surface area contributed by atoms with Crippen LogP contribution < -0.4 is 5.32 Å². The highest BCUT2D eigenvalue weighted by Gasteiger charge is 2.24. The minimum absolute atomic E-state index is 0.196. The quantitative estimate of drug-likeness (QED) is 0.736. The van der Waals surface area contributed by atoms with E-state index in [0.717, 1.165) is 17.7 Å². The van der Waals surface area contributed by atoms with E-state index in [0.29, 0.717) is 6.54 Å². The van der Waals surface area contributed by atoms with Crippen LogP contribution in [-0.4, -0.2) is 48.3 Å². The fourth-order valence-corrected chi connectivity index (χ4v) is 2.62. The van der Waals surface area contributed by atoms with Crippen molar-refractivity contribution in [3.8, 4) is 0 Å². The molecule has 2 amide bonds. The molecule has 0 fully saturated rings. The molecule has 0 aliphatic heterocycles. The molecule has 1 N–H and O–H groups in total. The molecule has 0 aromatic heterocycles. The third-order valence-electron chi connectivity index (χ3n) is 4.36. The lowest BCUT2D eigenvalue weighted by atomic mass is 10.2. The monoisotopic (exact) mass is 393 g/mol. The first kappa shape index (κ1) is 21.4. The number of carbonyl (C=O) groups excluding carboxylic acids is 2. The summed E-state index contributed by atoms with van der Waals surface area (Å²) in [5, 5.41) is 2.18. The van der Waals surface area contributed by atoms with E-state index in [1.165, 1.54) is 4.90 Å². The fourth-order valence-electron chi connectivity index (χ4n) is 2.62. The lowest BCUT2D eigenvalue weighted by Gasteiger charge is -2.28. The first-order valence-electron chi connectivity index (χ1n) is 8.63. The number of benzene rings is 2. The van der Waals surface area contributed by atoms with E-state index >= 15 is 0 Å². The smallest absolute Gasteiger partial charge is 0.239 e. The van der Waals surface area contributed by atoms with Gasteiger partial charge in [0.1, 0.15) is 0 Å². The van der Waals surface area contributed by atoms with Crippen LogP contribution in [0.1, 0.15) is 12.5 Å². The van der Waals surface area contributed by atoms with Crippen LogP contribution in [0.15, 0.2) is 42.5 Å². The van der Waals surface area contributed by atoms with Crippen LogP contribution in [0, 0.1) is 17.5 Å². The summed E-state index contributed by atoms with van der Waals surface area (Å²) in [7, 11) is 3.23. The van der Waals surface area contributed by atoms with Gasteiger partial charge in [-0.1, -0.05) is 30.3 Å². The van der Waals surface area contributed by atoms with E-state index in [1.807, 2.05) is 30.3 Å². The maximum absolute atomic E-state index is 13.7. The first-order chi connectivity index (χ1) is 13.2. The standard InChI is InChI=1S/C20H22F3N3O2/c1-13(20(28)26(3)11-14-7-5-4-6-8-14)25(2)12-17(27)24-16-10-9-15(21)18(22)19(16)23/h4-10,13H,11-12H2,1-3H3,(H,24,27)/t13-/m1/s1. The average Bonchev–Trinajstić information content (AvgIpc) is 2.68. The predicted octanol–water partition coefficient (Wildman–Crippen LogP) is 3.02. The van der Waals surface area contributed by atoms with Gasteiger partial charge in [-0.15, -0.1) is 0 Å². The minimum Gasteiger partial charge on any atom is -0.340 e. The molecule has 2 rings (SSSR count). The SMILES string of the molecule is C[C@H](C(=O)N(C)Cc1ccccc1)N(C)CC(=O)Nc1ccc(F)c(F)c1F. The Morgan fingerprint density at radius 1 is 1.00 bits per heavy atom. The molecular formula is C20H22F3N3O2. The van der Waals surface area contributed by atoms with Crippen molar-refractivity contribution in [1.82, 2.24) is 9.80 Å². The van der Waals surface area contributed by atoms with Gasteiger partial charge in [-0.2, -0.15) is 0 Å². The largest absolute Gasteiger partial charge is 0.340 e. The number of carbonyl (C=O) groups is 2. The zero-order chi connectivity index (χ0) is 20.8. The number of hydrogen-bond donors (Lipinski definition) is 1. The second-order valence-corrected chi connectivity index (χ2v) is 6.54. The molecule has 28 heavy (non-hydrogen) atoms. The zero-order valence-corrected chi connectivity index (χ0v) is 15.9. The van der Waals surface area contributed by atoms with Gasteiger partial charge in [0.25, 0.3) is 0 Å². The van der Waals surface area contributed by atoms with Gasteiger partial charge >= 0.3 is 0 Å². The molecule has 5 nitrogen and oxygen atoms in total. The summed E-state index contributed by atoms with van der Waals surface area (Å²) in [5.74, 6) is -5.32. The van der Waals surface area contributed by atoms with Crippen LogP contribution in [0.25, 0.3) is 0 Å². The molecule has 0 heterocycles. The van der Waals surface area contributed by atoms with Gasteiger partial charge in [0.15, 0.2) is 17.5 Å². The summed E-state index contributed by atoms with van der Waals surface area (Å²) in [6.07, 6.45) is 0. The van der Waals surface area contributed by atoms with E-state index in [2.05, 4.69) is 5.32 Å². The van der Waals surface area contributed by atoms with Crippen molar-refractivity contribution in [2.75, 3.05) is 26.0 Å². The molecule has 0 saturated heterocycles. The molecule has 1 atom stereocenters. The lowest BCUT2D eigenvalue weighted by Crippen LogP contribution is -2.46. The topological polar surface area (TPSA) is 52.7 Å². The van der Waals surface area contributed by atoms with Crippen LogP contribution in [0.4, 0.5) is 18.9 Å². The molecule has 0 radical (unpaired) electrons. The average molecular weight is 393 g/mol. The summed E-state index contributed by atoms with van der Waals surface area (Å²) >= 11 is 0. The van der Waals surface area contributed by atoms with Gasteiger partial charge in [0.2, 0.25) is 11.8 Å². The van der Waals surface area contributed by atoms with Crippen LogP contribution >= 0.6 is 0 Å². The fraction of sp³-hybridized carbons (Fsp3) is 0.300. The molecule has 0 aliphatic carbocycles. The summed E-state index contributed by atoms with van der Waals surface area (Å²) in [6, 6.07) is 10.5. The Kier molecular flexibility index (Phi) is 7.17. The van der Waals surface area contributed by atoms with E-state index in [4.69, 9.17) is 0 Å². The highest BCUT2D eigenvalue weighted by atomic mass is 19.2. The second-order valence-electron chi connectivity index (χ2n) is 6.54. The number of nitrogens with zero attached hydrogens (tertiary/aromatic N) is 2. The van der Waals surface area contributed by atoms with E-state index < -0.39 is 35.1 Å². The number of hydrogen-bond acceptors (Lipinski definition) is 3. The molecule has 0 saturated carbocycles. The number of anilines is 1. The Morgan fingerprint density at radius 3 is 2.29 bits per heavy atom. The molecule has 0 spiro atoms. The van der Waals surface area contributed by atoms with Gasteiger partial charge in [-0.05, 0) is 31.7 Å². The van der Waals surface area contributed by atoms with E-state index in [-0.39, 0.29) is 12.5 Å². The van der Waals surface area contributed by atoms with Gasteiger partial charge in [-0.25, -0.2) is 13.2 Å². The Bertz CT molecular complexity index is 846. The molecule has 8 heteroatoms. The first-order valence-corrected chi connectivity index (χ1v) is 8.63. The van der Waals surface area contributed by atoms with Crippen LogP contribution in [0.3, 0.4) is 0 Å². The van der Waals surface area contributed by atoms with Crippen LogP contribution in [0.5, 0.6) is 0 Å². The number of rotatable bonds is 7. The van der Waals surface area contributed by atoms with Gasteiger partial charge in [-0.3, -0.25) is 14.5 Å². The molecule has 0 bridgehead atoms. The predicted molar refractivity (Wildman–Crippen MR) is 100.0 cm³/mol. The third kappa shape index (κ3) is 5.32. The van der Waals surface area contributed by atoms with Crippen molar-refractivity contribution >= 4 is 17.5 Å². The van der Waals surface area contributed by atoms with Crippen molar-refractivity contribution in [3.63, 3.8) is 0 Å². The third-order valence-corrected chi connectivity index (χ3v) is 4.36. The van der Waals surface area contributed by atoms with Crippen molar-refractivity contribution in [2.24, 2.45) is 0 Å². The molecule has 2 aromatic carbocycles. The number of nitrogens with one attached hydrogen (secondary N) is 1. The van der Waals surface area contributed by atoms with E-state index in [1.54, 1.807) is 25.9 Å². The van der Waals surface area contributed by atoms with Gasteiger partial charge < -0.3 is 10.2 Å². The van der Waals surface area contributed by atoms with Crippen LogP contribution in [0.2, 0.25) is 0 Å². The van der Waals surface area contributed by atoms with Crippen molar-refractivity contribution in [1.29, 1.82) is 0 Å². The number of amides is 2. The normalized spacial score (nSPS) is 12.0. The van der Waals surface area contributed by atoms with Crippen molar-refractivity contribution in [3.05, 3.63) is 65.5 Å². The number of halogens is 3.